The SMILES string of the molecule is CCC(C)N(CCOC)C1(CN)CCCSC1. The fourth-order valence-corrected chi connectivity index (χ4v) is 3.98. The second-order valence-corrected chi connectivity index (χ2v) is 6.13. The van der Waals surface area contributed by atoms with Crippen molar-refractivity contribution in [2.24, 2.45) is 5.73 Å². The maximum absolute atomic E-state index is 6.11. The molecule has 1 aliphatic heterocycles. The number of hydrogen-bond donors (Lipinski definition) is 1. The molecule has 1 rings (SSSR count). The fourth-order valence-electron chi connectivity index (χ4n) is 2.68. The van der Waals surface area contributed by atoms with Crippen LogP contribution in [-0.2, 0) is 4.74 Å². The number of rotatable bonds is 7. The van der Waals surface area contributed by atoms with Crippen LogP contribution in [0.5, 0.6) is 0 Å². The van der Waals surface area contributed by atoms with E-state index in [1.54, 1.807) is 7.11 Å². The molecule has 0 bridgehead atoms. The minimum Gasteiger partial charge on any atom is -0.383 e. The lowest BCUT2D eigenvalue weighted by Gasteiger charge is -2.48. The smallest absolute Gasteiger partial charge is 0.0590 e. The summed E-state index contributed by atoms with van der Waals surface area (Å²) >= 11 is 2.05. The van der Waals surface area contributed by atoms with E-state index in [9.17, 15) is 0 Å². The van der Waals surface area contributed by atoms with Crippen LogP contribution in [0.3, 0.4) is 0 Å². The van der Waals surface area contributed by atoms with Gasteiger partial charge in [0.25, 0.3) is 0 Å². The van der Waals surface area contributed by atoms with Crippen molar-refractivity contribution in [3.05, 3.63) is 0 Å². The molecule has 3 nitrogen and oxygen atoms in total. The van der Waals surface area contributed by atoms with Crippen molar-refractivity contribution in [1.29, 1.82) is 0 Å². The van der Waals surface area contributed by atoms with Gasteiger partial charge in [0.2, 0.25) is 0 Å². The van der Waals surface area contributed by atoms with Gasteiger partial charge in [0.15, 0.2) is 0 Å². The Balaban J connectivity index is 2.75. The summed E-state index contributed by atoms with van der Waals surface area (Å²) in [4.78, 5) is 2.60. The first kappa shape index (κ1) is 15.3. The van der Waals surface area contributed by atoms with E-state index in [1.807, 2.05) is 0 Å². The minimum absolute atomic E-state index is 0.205. The zero-order valence-electron chi connectivity index (χ0n) is 11.6. The Morgan fingerprint density at radius 3 is 2.76 bits per heavy atom. The largest absolute Gasteiger partial charge is 0.383 e. The molecule has 0 aromatic carbocycles. The highest BCUT2D eigenvalue weighted by atomic mass is 32.2. The number of methoxy groups -OCH3 is 1. The molecule has 0 spiro atoms. The number of nitrogens with zero attached hydrogens (tertiary/aromatic N) is 1. The van der Waals surface area contributed by atoms with E-state index in [2.05, 4.69) is 30.5 Å². The molecule has 2 N–H and O–H groups in total. The second-order valence-electron chi connectivity index (χ2n) is 5.03. The van der Waals surface area contributed by atoms with Crippen molar-refractivity contribution in [1.82, 2.24) is 4.90 Å². The van der Waals surface area contributed by atoms with Crippen LogP contribution in [0.4, 0.5) is 0 Å². The average Bonchev–Trinajstić information content (AvgIpc) is 2.39. The summed E-state index contributed by atoms with van der Waals surface area (Å²) < 4.78 is 5.26. The maximum Gasteiger partial charge on any atom is 0.0590 e. The molecule has 1 heterocycles. The van der Waals surface area contributed by atoms with E-state index < -0.39 is 0 Å². The number of ether oxygens (including phenoxy) is 1. The van der Waals surface area contributed by atoms with Crippen LogP contribution in [0.1, 0.15) is 33.1 Å². The third-order valence-electron chi connectivity index (χ3n) is 3.95. The van der Waals surface area contributed by atoms with Crippen LogP contribution in [-0.4, -0.2) is 54.8 Å². The highest BCUT2D eigenvalue weighted by molar-refractivity contribution is 7.99. The number of thioether (sulfide) groups is 1. The van der Waals surface area contributed by atoms with E-state index in [1.165, 1.54) is 30.8 Å². The summed E-state index contributed by atoms with van der Waals surface area (Å²) in [7, 11) is 1.78. The third-order valence-corrected chi connectivity index (χ3v) is 5.27. The predicted molar refractivity (Wildman–Crippen MR) is 76.7 cm³/mol. The lowest BCUT2D eigenvalue weighted by molar-refractivity contribution is 0.0335. The molecule has 0 aromatic rings. The van der Waals surface area contributed by atoms with Crippen molar-refractivity contribution in [3.8, 4) is 0 Å². The Bertz CT molecular complexity index is 208. The van der Waals surface area contributed by atoms with Crippen molar-refractivity contribution in [2.75, 3.05) is 38.3 Å². The molecule has 17 heavy (non-hydrogen) atoms. The van der Waals surface area contributed by atoms with Crippen LogP contribution in [0.25, 0.3) is 0 Å². The van der Waals surface area contributed by atoms with Gasteiger partial charge in [0, 0.05) is 37.5 Å². The van der Waals surface area contributed by atoms with Crippen LogP contribution in [0.2, 0.25) is 0 Å². The van der Waals surface area contributed by atoms with Gasteiger partial charge < -0.3 is 10.5 Å². The Morgan fingerprint density at radius 1 is 1.53 bits per heavy atom. The van der Waals surface area contributed by atoms with Gasteiger partial charge >= 0.3 is 0 Å². The van der Waals surface area contributed by atoms with Crippen LogP contribution < -0.4 is 5.73 Å². The monoisotopic (exact) mass is 260 g/mol. The minimum atomic E-state index is 0.205. The van der Waals surface area contributed by atoms with Crippen LogP contribution in [0, 0.1) is 0 Å². The van der Waals surface area contributed by atoms with E-state index in [4.69, 9.17) is 10.5 Å². The average molecular weight is 260 g/mol. The van der Waals surface area contributed by atoms with E-state index in [-0.39, 0.29) is 5.54 Å². The van der Waals surface area contributed by atoms with Gasteiger partial charge in [-0.1, -0.05) is 6.92 Å². The lowest BCUT2D eigenvalue weighted by Crippen LogP contribution is -2.60. The van der Waals surface area contributed by atoms with Gasteiger partial charge in [-0.15, -0.1) is 0 Å². The Kier molecular flexibility index (Phi) is 6.85. The molecular formula is C13H28N2OS. The molecule has 1 fully saturated rings. The standard InChI is InChI=1S/C13H28N2OS/c1-4-12(2)15(7-8-16-3)13(10-14)6-5-9-17-11-13/h12H,4-11,14H2,1-3H3. The molecule has 0 aromatic heterocycles. The van der Waals surface area contributed by atoms with Crippen LogP contribution >= 0.6 is 11.8 Å². The fraction of sp³-hybridized carbons (Fsp3) is 1.00. The summed E-state index contributed by atoms with van der Waals surface area (Å²) in [6, 6.07) is 0.590. The lowest BCUT2D eigenvalue weighted by atomic mass is 9.91. The molecule has 1 aliphatic rings. The molecule has 102 valence electrons. The molecule has 0 amide bonds. The summed E-state index contributed by atoms with van der Waals surface area (Å²) in [5, 5.41) is 0. The van der Waals surface area contributed by atoms with E-state index in [0.717, 1.165) is 19.7 Å². The molecule has 2 atom stereocenters. The van der Waals surface area contributed by atoms with Gasteiger partial charge in [-0.05, 0) is 31.9 Å². The van der Waals surface area contributed by atoms with Gasteiger partial charge in [-0.3, -0.25) is 4.90 Å². The zero-order chi connectivity index (χ0) is 12.7. The molecule has 4 heteroatoms. The molecule has 0 radical (unpaired) electrons. The first-order chi connectivity index (χ1) is 8.20. The molecular weight excluding hydrogens is 232 g/mol. The third kappa shape index (κ3) is 3.85. The summed E-state index contributed by atoms with van der Waals surface area (Å²) in [6.07, 6.45) is 3.71. The van der Waals surface area contributed by atoms with Gasteiger partial charge in [0.05, 0.1) is 6.61 Å². The van der Waals surface area contributed by atoms with E-state index >= 15 is 0 Å². The van der Waals surface area contributed by atoms with Gasteiger partial charge in [-0.2, -0.15) is 11.8 Å². The second kappa shape index (κ2) is 7.62. The van der Waals surface area contributed by atoms with Gasteiger partial charge in [0.1, 0.15) is 0 Å². The highest BCUT2D eigenvalue weighted by Gasteiger charge is 2.38. The molecule has 0 aliphatic carbocycles. The molecule has 2 unspecified atom stereocenters. The normalized spacial score (nSPS) is 27.4. The number of hydrogen-bond acceptors (Lipinski definition) is 4. The van der Waals surface area contributed by atoms with Crippen molar-refractivity contribution in [2.45, 2.75) is 44.7 Å². The maximum atomic E-state index is 6.11. The molecule has 1 saturated heterocycles. The highest BCUT2D eigenvalue weighted by Crippen LogP contribution is 2.33. The number of nitrogens with two attached hydrogens (primary N) is 1. The summed E-state index contributed by atoms with van der Waals surface area (Å²) in [5.74, 6) is 2.47. The quantitative estimate of drug-likeness (QED) is 0.759. The van der Waals surface area contributed by atoms with Gasteiger partial charge in [-0.25, -0.2) is 0 Å². The first-order valence-corrected chi connectivity index (χ1v) is 7.89. The molecule has 0 saturated carbocycles. The Morgan fingerprint density at radius 2 is 2.29 bits per heavy atom. The van der Waals surface area contributed by atoms with Crippen molar-refractivity contribution < 1.29 is 4.74 Å². The predicted octanol–water partition coefficient (Wildman–Crippen LogP) is 1.96. The first-order valence-electron chi connectivity index (χ1n) is 6.73. The van der Waals surface area contributed by atoms with Crippen molar-refractivity contribution >= 4 is 11.8 Å². The van der Waals surface area contributed by atoms with E-state index in [0.29, 0.717) is 6.04 Å². The summed E-state index contributed by atoms with van der Waals surface area (Å²) in [6.45, 7) is 7.14. The zero-order valence-corrected chi connectivity index (χ0v) is 12.4. The van der Waals surface area contributed by atoms with Crippen molar-refractivity contribution in [3.63, 3.8) is 0 Å². The Labute approximate surface area is 110 Å². The summed E-state index contributed by atoms with van der Waals surface area (Å²) in [5.41, 5.74) is 6.31. The van der Waals surface area contributed by atoms with Crippen LogP contribution in [0.15, 0.2) is 0 Å². The topological polar surface area (TPSA) is 38.5 Å². The Hall–Kier alpha value is 0.230.